The fourth-order valence-electron chi connectivity index (χ4n) is 3.95. The van der Waals surface area contributed by atoms with Crippen LogP contribution in [0.25, 0.3) is 0 Å². The maximum Gasteiger partial charge on any atom is 0.336 e. The van der Waals surface area contributed by atoms with Crippen LogP contribution in [0.2, 0.25) is 0 Å². The van der Waals surface area contributed by atoms with Crippen LogP contribution >= 0.6 is 31.9 Å². The molecule has 9 nitrogen and oxygen atoms in total. The van der Waals surface area contributed by atoms with Gasteiger partial charge in [-0.3, -0.25) is 14.8 Å². The molecule has 0 saturated heterocycles. The Bertz CT molecular complexity index is 1280. The number of hydroxylamine groups is 1. The monoisotopic (exact) mass is 634 g/mol. The number of hydrogen-bond donors (Lipinski definition) is 4. The Hall–Kier alpha value is -3.02. The minimum Gasteiger partial charge on any atom is -0.478 e. The van der Waals surface area contributed by atoms with Gasteiger partial charge in [0.1, 0.15) is 11.5 Å². The summed E-state index contributed by atoms with van der Waals surface area (Å²) in [5, 5.41) is 21.3. The highest BCUT2D eigenvalue weighted by Gasteiger charge is 2.23. The molecular weight excluding hydrogens is 608 g/mol. The van der Waals surface area contributed by atoms with Crippen molar-refractivity contribution < 1.29 is 24.7 Å². The Morgan fingerprint density at radius 1 is 1.11 bits per heavy atom. The van der Waals surface area contributed by atoms with E-state index in [0.29, 0.717) is 29.6 Å². The topological polar surface area (TPSA) is 134 Å². The molecule has 0 aliphatic rings. The zero-order chi connectivity index (χ0) is 26.9. The fraction of sp³-hybridized carbons (Fsp3) is 0.308. The third-order valence-electron chi connectivity index (χ3n) is 5.85. The number of carboxylic acids is 1. The number of imidazole rings is 1. The molecule has 0 radical (unpaired) electrons. The molecular formula is C26H28Br2N4O5. The first kappa shape index (κ1) is 28.5. The molecule has 2 aromatic carbocycles. The molecule has 0 spiro atoms. The number of aromatic nitrogens is 2. The van der Waals surface area contributed by atoms with Gasteiger partial charge in [0.2, 0.25) is 5.91 Å². The second kappa shape index (κ2) is 13.5. The Balaban J connectivity index is 1.90. The summed E-state index contributed by atoms with van der Waals surface area (Å²) in [6.07, 6.45) is 4.28. The van der Waals surface area contributed by atoms with Gasteiger partial charge in [-0.05, 0) is 58.1 Å². The van der Waals surface area contributed by atoms with Crippen LogP contribution in [-0.4, -0.2) is 43.7 Å². The second-order valence-electron chi connectivity index (χ2n) is 8.57. The van der Waals surface area contributed by atoms with E-state index in [2.05, 4.69) is 49.1 Å². The molecule has 1 unspecified atom stereocenters. The van der Waals surface area contributed by atoms with Crippen molar-refractivity contribution in [1.82, 2.24) is 20.3 Å². The summed E-state index contributed by atoms with van der Waals surface area (Å²) in [5.41, 5.74) is 3.81. The van der Waals surface area contributed by atoms with E-state index in [1.807, 2.05) is 28.8 Å². The van der Waals surface area contributed by atoms with Gasteiger partial charge in [-0.15, -0.1) is 0 Å². The number of halogens is 2. The third kappa shape index (κ3) is 7.73. The summed E-state index contributed by atoms with van der Waals surface area (Å²) in [4.78, 5) is 41.3. The van der Waals surface area contributed by atoms with Gasteiger partial charge in [-0.25, -0.2) is 15.3 Å². The lowest BCUT2D eigenvalue weighted by Crippen LogP contribution is -2.41. The summed E-state index contributed by atoms with van der Waals surface area (Å²) in [6, 6.07) is 11.9. The molecule has 11 heteroatoms. The van der Waals surface area contributed by atoms with Crippen molar-refractivity contribution in [3.63, 3.8) is 0 Å². The number of aryl methyl sites for hydroxylation is 1. The van der Waals surface area contributed by atoms with Crippen LogP contribution in [0.1, 0.15) is 64.0 Å². The number of nitrogens with one attached hydrogen (secondary N) is 2. The Morgan fingerprint density at radius 3 is 2.51 bits per heavy atom. The molecule has 4 N–H and O–H groups in total. The molecule has 1 atom stereocenters. The zero-order valence-electron chi connectivity index (χ0n) is 20.2. The average molecular weight is 636 g/mol. The number of rotatable bonds is 12. The quantitative estimate of drug-likeness (QED) is 0.168. The third-order valence-corrected chi connectivity index (χ3v) is 7.27. The first-order valence-electron chi connectivity index (χ1n) is 11.8. The van der Waals surface area contributed by atoms with Crippen molar-refractivity contribution in [2.75, 3.05) is 0 Å². The molecule has 196 valence electrons. The van der Waals surface area contributed by atoms with Gasteiger partial charge >= 0.3 is 5.97 Å². The van der Waals surface area contributed by atoms with Gasteiger partial charge in [0.15, 0.2) is 0 Å². The molecule has 0 saturated carbocycles. The highest BCUT2D eigenvalue weighted by Crippen LogP contribution is 2.22. The second-order valence-corrected chi connectivity index (χ2v) is 10.3. The van der Waals surface area contributed by atoms with Gasteiger partial charge in [0, 0.05) is 34.4 Å². The predicted octanol–water partition coefficient (Wildman–Crippen LogP) is 4.73. The Labute approximate surface area is 231 Å². The molecule has 2 amide bonds. The molecule has 0 aliphatic heterocycles. The lowest BCUT2D eigenvalue weighted by molar-refractivity contribution is -0.129. The lowest BCUT2D eigenvalue weighted by Gasteiger charge is -2.20. The van der Waals surface area contributed by atoms with Crippen LogP contribution in [-0.2, 0) is 24.2 Å². The molecule has 3 aromatic rings. The number of carboxylic acid groups (broad SMARTS) is 1. The van der Waals surface area contributed by atoms with Crippen LogP contribution in [0.4, 0.5) is 0 Å². The largest absolute Gasteiger partial charge is 0.478 e. The van der Waals surface area contributed by atoms with E-state index in [9.17, 15) is 19.5 Å². The van der Waals surface area contributed by atoms with E-state index in [4.69, 9.17) is 5.21 Å². The number of carbonyl (C=O) groups excluding carboxylic acids is 2. The highest BCUT2D eigenvalue weighted by atomic mass is 79.9. The highest BCUT2D eigenvalue weighted by molar-refractivity contribution is 9.10. The molecule has 0 bridgehead atoms. The molecule has 3 rings (SSSR count). The van der Waals surface area contributed by atoms with E-state index >= 15 is 0 Å². The smallest absolute Gasteiger partial charge is 0.336 e. The molecule has 0 fully saturated rings. The van der Waals surface area contributed by atoms with Gasteiger partial charge in [-0.2, -0.15) is 0 Å². The summed E-state index contributed by atoms with van der Waals surface area (Å²) < 4.78 is 3.11. The normalized spacial score (nSPS) is 11.7. The number of amides is 2. The zero-order valence-corrected chi connectivity index (χ0v) is 23.4. The fourth-order valence-corrected chi connectivity index (χ4v) is 4.99. The Morgan fingerprint density at radius 2 is 1.86 bits per heavy atom. The minimum absolute atomic E-state index is 0.121. The van der Waals surface area contributed by atoms with E-state index in [0.717, 1.165) is 34.3 Å². The number of hydrogen-bond acceptors (Lipinski definition) is 5. The van der Waals surface area contributed by atoms with Crippen LogP contribution in [0.5, 0.6) is 0 Å². The van der Waals surface area contributed by atoms with E-state index < -0.39 is 23.8 Å². The van der Waals surface area contributed by atoms with Crippen LogP contribution in [0.15, 0.2) is 57.6 Å². The summed E-state index contributed by atoms with van der Waals surface area (Å²) in [6.45, 7) is 2.38. The summed E-state index contributed by atoms with van der Waals surface area (Å²) in [5.74, 6) is -1.31. The van der Waals surface area contributed by atoms with Gasteiger partial charge in [0.25, 0.3) is 5.91 Å². The SMILES string of the molecule is CCCCc1ncc(C(=O)NC(CC(=O)NO)Cc2ccccc2Br)n1Cc1ccc(C(=O)O)c(Br)c1. The lowest BCUT2D eigenvalue weighted by atomic mass is 10.0. The van der Waals surface area contributed by atoms with Crippen molar-refractivity contribution in [1.29, 1.82) is 0 Å². The van der Waals surface area contributed by atoms with E-state index in [1.54, 1.807) is 17.6 Å². The molecule has 37 heavy (non-hydrogen) atoms. The summed E-state index contributed by atoms with van der Waals surface area (Å²) in [7, 11) is 0. The number of benzene rings is 2. The number of carbonyl (C=O) groups is 3. The van der Waals surface area contributed by atoms with Crippen molar-refractivity contribution in [2.24, 2.45) is 0 Å². The molecule has 0 aliphatic carbocycles. The first-order valence-corrected chi connectivity index (χ1v) is 13.3. The van der Waals surface area contributed by atoms with Crippen molar-refractivity contribution in [3.8, 4) is 0 Å². The van der Waals surface area contributed by atoms with E-state index in [1.165, 1.54) is 12.3 Å². The maximum atomic E-state index is 13.4. The number of aromatic carboxylic acids is 1. The summed E-state index contributed by atoms with van der Waals surface area (Å²) >= 11 is 6.81. The van der Waals surface area contributed by atoms with Crippen LogP contribution in [0.3, 0.4) is 0 Å². The average Bonchev–Trinajstić information content (AvgIpc) is 3.26. The molecule has 1 aromatic heterocycles. The van der Waals surface area contributed by atoms with Crippen molar-refractivity contribution in [3.05, 3.63) is 85.8 Å². The number of unbranched alkanes of at least 4 members (excludes halogenated alkanes) is 1. The Kier molecular flexibility index (Phi) is 10.4. The van der Waals surface area contributed by atoms with Gasteiger partial charge < -0.3 is 15.0 Å². The standard InChI is InChI=1S/C26H28Br2N4O5/c1-2-3-8-23-29-14-22(32(23)15-16-9-10-19(26(35)36)21(28)11-16)25(34)30-18(13-24(33)31-37)12-17-6-4-5-7-20(17)27/h4-7,9-11,14,18,37H,2-3,8,12-13,15H2,1H3,(H,30,34)(H,31,33)(H,35,36). The van der Waals surface area contributed by atoms with E-state index in [-0.39, 0.29) is 12.0 Å². The molecule has 1 heterocycles. The van der Waals surface area contributed by atoms with Crippen LogP contribution < -0.4 is 10.8 Å². The van der Waals surface area contributed by atoms with Crippen LogP contribution in [0, 0.1) is 0 Å². The maximum absolute atomic E-state index is 13.4. The van der Waals surface area contributed by atoms with Gasteiger partial charge in [0.05, 0.1) is 11.8 Å². The van der Waals surface area contributed by atoms with Gasteiger partial charge in [-0.1, -0.05) is 53.5 Å². The van der Waals surface area contributed by atoms with Crippen molar-refractivity contribution >= 4 is 49.6 Å². The minimum atomic E-state index is -1.03. The van der Waals surface area contributed by atoms with Crippen molar-refractivity contribution in [2.45, 2.75) is 51.6 Å². The predicted molar refractivity (Wildman–Crippen MR) is 145 cm³/mol. The number of nitrogens with zero attached hydrogens (tertiary/aromatic N) is 2. The first-order chi connectivity index (χ1) is 17.7.